The molecule has 0 amide bonds. The third-order valence-electron chi connectivity index (χ3n) is 6.11. The molecule has 0 aromatic rings. The Morgan fingerprint density at radius 3 is 1.54 bits per heavy atom. The van der Waals surface area contributed by atoms with Crippen LogP contribution in [0.5, 0.6) is 0 Å². The van der Waals surface area contributed by atoms with Crippen LogP contribution in [0, 0.1) is 11.8 Å². The van der Waals surface area contributed by atoms with Crippen molar-refractivity contribution in [2.75, 3.05) is 42.7 Å². The van der Waals surface area contributed by atoms with Crippen molar-refractivity contribution in [3.8, 4) is 0 Å². The smallest absolute Gasteiger partial charge is 0.141 e. The molecule has 0 bridgehead atoms. The molecule has 6 unspecified atom stereocenters. The van der Waals surface area contributed by atoms with Crippen LogP contribution < -0.4 is 0 Å². The van der Waals surface area contributed by atoms with Gasteiger partial charge in [0.1, 0.15) is 18.0 Å². The van der Waals surface area contributed by atoms with E-state index in [-0.39, 0.29) is 54.2 Å². The number of carbonyl (C=O) groups excluding carboxylic acids is 1. The van der Waals surface area contributed by atoms with Crippen molar-refractivity contribution in [3.05, 3.63) is 0 Å². The lowest BCUT2D eigenvalue weighted by Gasteiger charge is -2.43. The van der Waals surface area contributed by atoms with Crippen molar-refractivity contribution < 1.29 is 33.2 Å². The predicted molar refractivity (Wildman–Crippen MR) is 95.2 cm³/mol. The quantitative estimate of drug-likeness (QED) is 0.637. The van der Waals surface area contributed by atoms with Crippen LogP contribution in [0.25, 0.3) is 0 Å². The van der Waals surface area contributed by atoms with Gasteiger partial charge in [-0.15, -0.1) is 0 Å². The lowest BCUT2D eigenvalue weighted by molar-refractivity contribution is -0.172. The Kier molecular flexibility index (Phi) is 8.44. The Morgan fingerprint density at radius 2 is 1.12 bits per heavy atom. The molecule has 2 saturated carbocycles. The number of hydrogen-bond acceptors (Lipinski definition) is 7. The average molecular weight is 374 g/mol. The summed E-state index contributed by atoms with van der Waals surface area (Å²) in [5.74, 6) is -0.155. The second kappa shape index (κ2) is 10.1. The van der Waals surface area contributed by atoms with E-state index < -0.39 is 0 Å². The first kappa shape index (κ1) is 21.7. The van der Waals surface area contributed by atoms with Crippen LogP contribution in [0.3, 0.4) is 0 Å². The van der Waals surface area contributed by atoms with E-state index in [1.807, 2.05) is 0 Å². The molecule has 6 atom stereocenters. The Balaban J connectivity index is 2.16. The molecule has 7 nitrogen and oxygen atoms in total. The molecule has 2 aliphatic rings. The van der Waals surface area contributed by atoms with Gasteiger partial charge < -0.3 is 28.4 Å². The number of rotatable bonds is 8. The highest BCUT2D eigenvalue weighted by molar-refractivity contribution is 5.84. The SMILES string of the molecule is COC1CC(C(=O)C2CCC(OC)C(OC)C2OC)CC(OC)C1OC. The number of hydrogen-bond donors (Lipinski definition) is 0. The lowest BCUT2D eigenvalue weighted by Crippen LogP contribution is -2.54. The van der Waals surface area contributed by atoms with E-state index in [9.17, 15) is 4.79 Å². The fraction of sp³-hybridized carbons (Fsp3) is 0.947. The standard InChI is InChI=1S/C19H34O7/c1-21-13-8-7-12(17(24-4)19(13)26-6)16(20)11-9-14(22-2)18(25-5)15(10-11)23-3/h11-15,17-19H,7-10H2,1-6H3. The molecule has 2 rings (SSSR count). The van der Waals surface area contributed by atoms with Crippen LogP contribution in [0.1, 0.15) is 25.7 Å². The number of ether oxygens (including phenoxy) is 6. The zero-order valence-electron chi connectivity index (χ0n) is 16.8. The van der Waals surface area contributed by atoms with E-state index in [0.717, 1.165) is 12.8 Å². The number of ketones is 1. The molecule has 0 saturated heterocycles. The second-order valence-corrected chi connectivity index (χ2v) is 7.18. The summed E-state index contributed by atoms with van der Waals surface area (Å²) in [6, 6.07) is 0. The highest BCUT2D eigenvalue weighted by Gasteiger charge is 2.48. The molecule has 0 N–H and O–H groups in total. The third-order valence-corrected chi connectivity index (χ3v) is 6.11. The minimum atomic E-state index is -0.312. The van der Waals surface area contributed by atoms with Gasteiger partial charge in [-0.2, -0.15) is 0 Å². The summed E-state index contributed by atoms with van der Waals surface area (Å²) in [4.78, 5) is 13.4. The maximum Gasteiger partial charge on any atom is 0.141 e. The van der Waals surface area contributed by atoms with Gasteiger partial charge in [-0.3, -0.25) is 4.79 Å². The third kappa shape index (κ3) is 4.29. The zero-order chi connectivity index (χ0) is 19.3. The van der Waals surface area contributed by atoms with Gasteiger partial charge in [0, 0.05) is 54.5 Å². The maximum absolute atomic E-state index is 13.4. The first-order valence-corrected chi connectivity index (χ1v) is 9.26. The molecule has 2 fully saturated rings. The van der Waals surface area contributed by atoms with Crippen molar-refractivity contribution in [1.29, 1.82) is 0 Å². The summed E-state index contributed by atoms with van der Waals surface area (Å²) in [5, 5.41) is 0. The van der Waals surface area contributed by atoms with E-state index in [2.05, 4.69) is 0 Å². The number of carbonyl (C=O) groups is 1. The molecule has 0 heterocycles. The van der Waals surface area contributed by atoms with Gasteiger partial charge in [0.2, 0.25) is 0 Å². The summed E-state index contributed by atoms with van der Waals surface area (Å²) in [7, 11) is 9.90. The van der Waals surface area contributed by atoms with Crippen LogP contribution in [0.4, 0.5) is 0 Å². The van der Waals surface area contributed by atoms with E-state index in [4.69, 9.17) is 28.4 Å². The van der Waals surface area contributed by atoms with Gasteiger partial charge in [0.25, 0.3) is 0 Å². The normalized spacial score (nSPS) is 41.2. The van der Waals surface area contributed by atoms with Gasteiger partial charge in [0.15, 0.2) is 0 Å². The topological polar surface area (TPSA) is 72.5 Å². The van der Waals surface area contributed by atoms with Gasteiger partial charge in [-0.05, 0) is 25.7 Å². The number of methoxy groups -OCH3 is 6. The molecular weight excluding hydrogens is 340 g/mol. The van der Waals surface area contributed by atoms with Gasteiger partial charge in [-0.25, -0.2) is 0 Å². The minimum absolute atomic E-state index is 0.0586. The van der Waals surface area contributed by atoms with E-state index in [0.29, 0.717) is 12.8 Å². The highest BCUT2D eigenvalue weighted by atomic mass is 16.6. The summed E-state index contributed by atoms with van der Waals surface area (Å²) in [5.41, 5.74) is 0. The lowest BCUT2D eigenvalue weighted by atomic mass is 9.72. The van der Waals surface area contributed by atoms with Crippen LogP contribution >= 0.6 is 0 Å². The van der Waals surface area contributed by atoms with Crippen molar-refractivity contribution in [2.45, 2.75) is 62.3 Å². The molecule has 26 heavy (non-hydrogen) atoms. The van der Waals surface area contributed by atoms with Crippen LogP contribution in [0.15, 0.2) is 0 Å². The molecule has 0 radical (unpaired) electrons. The minimum Gasteiger partial charge on any atom is -0.379 e. The molecule has 2 aliphatic carbocycles. The van der Waals surface area contributed by atoms with Crippen molar-refractivity contribution >= 4 is 5.78 Å². The fourth-order valence-corrected chi connectivity index (χ4v) is 4.72. The van der Waals surface area contributed by atoms with Gasteiger partial charge in [-0.1, -0.05) is 0 Å². The molecule has 0 spiro atoms. The summed E-state index contributed by atoms with van der Waals surface area (Å²) >= 11 is 0. The Morgan fingerprint density at radius 1 is 0.615 bits per heavy atom. The van der Waals surface area contributed by atoms with Crippen molar-refractivity contribution in [2.24, 2.45) is 11.8 Å². The van der Waals surface area contributed by atoms with Crippen LogP contribution in [0.2, 0.25) is 0 Å². The maximum atomic E-state index is 13.4. The summed E-state index contributed by atoms with van der Waals surface area (Å²) in [6.07, 6.45) is 1.66. The van der Waals surface area contributed by atoms with Gasteiger partial charge >= 0.3 is 0 Å². The monoisotopic (exact) mass is 374 g/mol. The first-order chi connectivity index (χ1) is 12.6. The molecular formula is C19H34O7. The van der Waals surface area contributed by atoms with E-state index in [1.165, 1.54) is 0 Å². The van der Waals surface area contributed by atoms with E-state index in [1.54, 1.807) is 42.7 Å². The predicted octanol–water partition coefficient (Wildman–Crippen LogP) is 1.47. The van der Waals surface area contributed by atoms with Crippen molar-refractivity contribution in [1.82, 2.24) is 0 Å². The Bertz CT molecular complexity index is 430. The van der Waals surface area contributed by atoms with Crippen LogP contribution in [-0.2, 0) is 33.2 Å². The second-order valence-electron chi connectivity index (χ2n) is 7.18. The molecule has 0 aromatic heterocycles. The highest BCUT2D eigenvalue weighted by Crippen LogP contribution is 2.38. The molecule has 7 heteroatoms. The first-order valence-electron chi connectivity index (χ1n) is 9.26. The average Bonchev–Trinajstić information content (AvgIpc) is 2.70. The van der Waals surface area contributed by atoms with Crippen LogP contribution in [-0.4, -0.2) is 85.1 Å². The Labute approximate surface area is 156 Å². The largest absolute Gasteiger partial charge is 0.379 e. The molecule has 152 valence electrons. The summed E-state index contributed by atoms with van der Waals surface area (Å²) < 4.78 is 33.6. The zero-order valence-corrected chi connectivity index (χ0v) is 16.8. The molecule has 0 aromatic carbocycles. The Hall–Kier alpha value is -0.570. The van der Waals surface area contributed by atoms with E-state index >= 15 is 0 Å². The molecule has 0 aliphatic heterocycles. The summed E-state index contributed by atoms with van der Waals surface area (Å²) in [6.45, 7) is 0. The van der Waals surface area contributed by atoms with Gasteiger partial charge in [0.05, 0.1) is 24.4 Å². The fourth-order valence-electron chi connectivity index (χ4n) is 4.72. The number of Topliss-reactive ketones (excluding diaryl/α,β-unsaturated/α-hetero) is 1. The van der Waals surface area contributed by atoms with Crippen molar-refractivity contribution in [3.63, 3.8) is 0 Å².